The fourth-order valence-corrected chi connectivity index (χ4v) is 4.55. The molecule has 0 radical (unpaired) electrons. The number of aromatic nitrogens is 1. The third-order valence-electron chi connectivity index (χ3n) is 6.07. The van der Waals surface area contributed by atoms with E-state index in [9.17, 15) is 13.6 Å². The average molecular weight is 433 g/mol. The lowest BCUT2D eigenvalue weighted by molar-refractivity contribution is -0.0174. The van der Waals surface area contributed by atoms with Crippen molar-refractivity contribution in [3.8, 4) is 5.75 Å². The van der Waals surface area contributed by atoms with Crippen molar-refractivity contribution in [3.63, 3.8) is 0 Å². The number of halogens is 2. The summed E-state index contributed by atoms with van der Waals surface area (Å²) in [5.41, 5.74) is 1.45. The Morgan fingerprint density at radius 1 is 1.19 bits per heavy atom. The number of para-hydroxylation sites is 1. The highest BCUT2D eigenvalue weighted by atomic mass is 19.3. The van der Waals surface area contributed by atoms with Crippen LogP contribution in [0.5, 0.6) is 5.75 Å². The van der Waals surface area contributed by atoms with E-state index in [4.69, 9.17) is 9.47 Å². The van der Waals surface area contributed by atoms with Crippen LogP contribution in [-0.4, -0.2) is 56.9 Å². The Morgan fingerprint density at radius 2 is 1.97 bits per heavy atom. The highest BCUT2D eigenvalue weighted by Gasteiger charge is 2.38. The van der Waals surface area contributed by atoms with Gasteiger partial charge in [-0.05, 0) is 24.5 Å². The van der Waals surface area contributed by atoms with Crippen LogP contribution in [0.4, 0.5) is 20.3 Å². The smallest absolute Gasteiger partial charge is 0.251 e. The minimum Gasteiger partial charge on any atom is -0.496 e. The molecule has 2 fully saturated rings. The molecule has 1 N–H and O–H groups in total. The first kappa shape index (κ1) is 21.6. The zero-order chi connectivity index (χ0) is 21.8. The molecule has 1 atom stereocenters. The molecule has 0 saturated carbocycles. The minimum atomic E-state index is -2.75. The molecule has 168 valence electrons. The number of rotatable bonds is 5. The number of alkyl halides is 2. The Bertz CT molecular complexity index is 944. The van der Waals surface area contributed by atoms with Crippen LogP contribution >= 0.6 is 0 Å². The number of nitrogens with one attached hydrogen (secondary N) is 1. The highest BCUT2D eigenvalue weighted by molar-refractivity contribution is 5.56. The molecule has 1 aromatic carbocycles. The Labute approximate surface area is 180 Å². The van der Waals surface area contributed by atoms with E-state index in [-0.39, 0.29) is 18.4 Å². The molecular weight excluding hydrogens is 404 g/mol. The van der Waals surface area contributed by atoms with Gasteiger partial charge < -0.3 is 24.3 Å². The van der Waals surface area contributed by atoms with Gasteiger partial charge in [0, 0.05) is 56.3 Å². The lowest BCUT2D eigenvalue weighted by atomic mass is 9.98. The predicted octanol–water partition coefficient (Wildman–Crippen LogP) is 3.46. The van der Waals surface area contributed by atoms with Gasteiger partial charge in [0.15, 0.2) is 0 Å². The van der Waals surface area contributed by atoms with E-state index < -0.39 is 12.0 Å². The van der Waals surface area contributed by atoms with Crippen LogP contribution in [0.3, 0.4) is 0 Å². The number of morpholine rings is 1. The molecule has 6 nitrogen and oxygen atoms in total. The Hall–Kier alpha value is -2.61. The van der Waals surface area contributed by atoms with Crippen LogP contribution in [0.25, 0.3) is 0 Å². The molecule has 2 aliphatic rings. The molecule has 3 heterocycles. The van der Waals surface area contributed by atoms with E-state index >= 15 is 0 Å². The molecular formula is C23H29F2N3O3. The number of H-pyrrole nitrogens is 1. The maximum absolute atomic E-state index is 14.6. The van der Waals surface area contributed by atoms with E-state index in [0.717, 1.165) is 11.3 Å². The van der Waals surface area contributed by atoms with E-state index in [1.807, 2.05) is 35.2 Å². The fourth-order valence-electron chi connectivity index (χ4n) is 4.55. The molecule has 0 spiro atoms. The van der Waals surface area contributed by atoms with Crippen molar-refractivity contribution in [2.45, 2.75) is 37.6 Å². The summed E-state index contributed by atoms with van der Waals surface area (Å²) in [5.74, 6) is -1.47. The molecule has 4 rings (SSSR count). The van der Waals surface area contributed by atoms with Crippen molar-refractivity contribution in [1.82, 2.24) is 4.98 Å². The number of anilines is 2. The monoisotopic (exact) mass is 433 g/mol. The number of hydrogen-bond donors (Lipinski definition) is 1. The molecule has 31 heavy (non-hydrogen) atoms. The number of methoxy groups -OCH3 is 1. The lowest BCUT2D eigenvalue weighted by Crippen LogP contribution is -2.41. The molecule has 0 unspecified atom stereocenters. The van der Waals surface area contributed by atoms with Crippen molar-refractivity contribution in [3.05, 3.63) is 52.3 Å². The first-order valence-corrected chi connectivity index (χ1v) is 10.8. The van der Waals surface area contributed by atoms with Gasteiger partial charge in [0.2, 0.25) is 5.92 Å². The first-order valence-electron chi connectivity index (χ1n) is 10.8. The number of benzene rings is 1. The second-order valence-electron chi connectivity index (χ2n) is 8.21. The Kier molecular flexibility index (Phi) is 6.46. The predicted molar refractivity (Wildman–Crippen MR) is 117 cm³/mol. The van der Waals surface area contributed by atoms with Gasteiger partial charge in [-0.15, -0.1) is 0 Å². The third-order valence-corrected chi connectivity index (χ3v) is 6.07. The molecule has 2 aromatic rings. The fraction of sp³-hybridized carbons (Fsp3) is 0.522. The molecule has 2 saturated heterocycles. The third kappa shape index (κ3) is 5.18. The summed E-state index contributed by atoms with van der Waals surface area (Å²) in [6.45, 7) is 3.07. The van der Waals surface area contributed by atoms with Crippen molar-refractivity contribution in [2.24, 2.45) is 0 Å². The minimum absolute atomic E-state index is 0.153. The lowest BCUT2D eigenvalue weighted by Gasteiger charge is -2.34. The Balaban J connectivity index is 1.68. The molecule has 8 heteroatoms. The normalized spacial score (nSPS) is 21.6. The average Bonchev–Trinajstić information content (AvgIpc) is 2.91. The largest absolute Gasteiger partial charge is 0.496 e. The zero-order valence-electron chi connectivity index (χ0n) is 17.8. The van der Waals surface area contributed by atoms with E-state index in [1.54, 1.807) is 13.2 Å². The maximum Gasteiger partial charge on any atom is 0.251 e. The summed E-state index contributed by atoms with van der Waals surface area (Å²) in [7, 11) is 1.58. The molecule has 1 aromatic heterocycles. The van der Waals surface area contributed by atoms with Gasteiger partial charge in [0.25, 0.3) is 5.56 Å². The van der Waals surface area contributed by atoms with Gasteiger partial charge in [-0.1, -0.05) is 18.2 Å². The molecule has 2 aliphatic heterocycles. The van der Waals surface area contributed by atoms with Crippen molar-refractivity contribution in [2.75, 3.05) is 49.8 Å². The van der Waals surface area contributed by atoms with Crippen LogP contribution in [0.1, 0.15) is 24.8 Å². The van der Waals surface area contributed by atoms with Crippen LogP contribution in [0, 0.1) is 0 Å². The molecule has 0 bridgehead atoms. The van der Waals surface area contributed by atoms with Gasteiger partial charge in [0.1, 0.15) is 11.6 Å². The van der Waals surface area contributed by atoms with Gasteiger partial charge in [-0.3, -0.25) is 4.79 Å². The van der Waals surface area contributed by atoms with Crippen LogP contribution in [0.2, 0.25) is 0 Å². The first-order chi connectivity index (χ1) is 14.9. The van der Waals surface area contributed by atoms with Gasteiger partial charge in [-0.25, -0.2) is 8.78 Å². The van der Waals surface area contributed by atoms with Crippen molar-refractivity contribution in [1.29, 1.82) is 0 Å². The summed E-state index contributed by atoms with van der Waals surface area (Å²) in [4.78, 5) is 19.4. The van der Waals surface area contributed by atoms with E-state index in [2.05, 4.69) is 9.88 Å². The number of aromatic amines is 1. The summed E-state index contributed by atoms with van der Waals surface area (Å²) in [6.07, 6.45) is 0.344. The number of hydrogen-bond acceptors (Lipinski definition) is 5. The zero-order valence-corrected chi connectivity index (χ0v) is 17.8. The summed E-state index contributed by atoms with van der Waals surface area (Å²) >= 11 is 0. The standard InChI is InChI=1S/C23H29F2N3O3/c1-30-20-6-3-2-5-17(20)13-19-16-23(24,25)7-4-8-28(19)21-14-18(15-22(29)26-21)27-9-11-31-12-10-27/h2-3,5-6,14-15,19H,4,7-13,16H2,1H3,(H,26,29)/t19-/m1/s1. The van der Waals surface area contributed by atoms with Crippen LogP contribution in [-0.2, 0) is 11.2 Å². The summed E-state index contributed by atoms with van der Waals surface area (Å²) in [6, 6.07) is 10.5. The Morgan fingerprint density at radius 3 is 2.74 bits per heavy atom. The van der Waals surface area contributed by atoms with Gasteiger partial charge in [0.05, 0.1) is 20.3 Å². The second kappa shape index (κ2) is 9.26. The van der Waals surface area contributed by atoms with Crippen molar-refractivity contribution >= 4 is 11.5 Å². The van der Waals surface area contributed by atoms with Gasteiger partial charge in [-0.2, -0.15) is 0 Å². The van der Waals surface area contributed by atoms with Gasteiger partial charge >= 0.3 is 0 Å². The topological polar surface area (TPSA) is 57.8 Å². The second-order valence-corrected chi connectivity index (χ2v) is 8.21. The van der Waals surface area contributed by atoms with E-state index in [0.29, 0.717) is 57.3 Å². The number of ether oxygens (including phenoxy) is 2. The summed E-state index contributed by atoms with van der Waals surface area (Å²) in [5, 5.41) is 0. The van der Waals surface area contributed by atoms with Crippen molar-refractivity contribution < 1.29 is 18.3 Å². The summed E-state index contributed by atoms with van der Waals surface area (Å²) < 4.78 is 40.0. The highest BCUT2D eigenvalue weighted by Crippen LogP contribution is 2.36. The number of pyridine rings is 1. The molecule has 0 amide bonds. The quantitative estimate of drug-likeness (QED) is 0.783. The SMILES string of the molecule is COc1ccccc1C[C@@H]1CC(F)(F)CCCN1c1cc(N2CCOCC2)cc(=O)[nH]1. The maximum atomic E-state index is 14.6. The van der Waals surface area contributed by atoms with Crippen LogP contribution < -0.4 is 20.1 Å². The number of nitrogens with zero attached hydrogens (tertiary/aromatic N) is 2. The van der Waals surface area contributed by atoms with E-state index in [1.165, 1.54) is 0 Å². The molecule has 0 aliphatic carbocycles. The van der Waals surface area contributed by atoms with Crippen LogP contribution in [0.15, 0.2) is 41.2 Å².